The second kappa shape index (κ2) is 6.46. The molecule has 2 nitrogen and oxygen atoms in total. The molecule has 0 aliphatic carbocycles. The van der Waals surface area contributed by atoms with Gasteiger partial charge in [-0.05, 0) is 24.5 Å². The third kappa shape index (κ3) is 4.01. The molecule has 0 aromatic rings. The van der Waals surface area contributed by atoms with E-state index >= 15 is 0 Å². The lowest BCUT2D eigenvalue weighted by molar-refractivity contribution is -0.125. The molecule has 1 rings (SSSR count). The minimum absolute atomic E-state index is 0.266. The van der Waals surface area contributed by atoms with Gasteiger partial charge in [-0.2, -0.15) is 11.8 Å². The molecular weight excluding hydrogens is 194 g/mol. The van der Waals surface area contributed by atoms with E-state index in [2.05, 4.69) is 18.7 Å². The van der Waals surface area contributed by atoms with E-state index in [1.807, 2.05) is 11.8 Å². The van der Waals surface area contributed by atoms with Crippen LogP contribution in [0.5, 0.6) is 0 Å². The zero-order valence-electron chi connectivity index (χ0n) is 9.29. The zero-order chi connectivity index (χ0) is 10.4. The fraction of sp³-hybridized carbons (Fsp3) is 0.909. The molecule has 0 spiro atoms. The topological polar surface area (TPSA) is 20.3 Å². The van der Waals surface area contributed by atoms with Crippen molar-refractivity contribution in [3.63, 3.8) is 0 Å². The summed E-state index contributed by atoms with van der Waals surface area (Å²) in [5.74, 6) is 3.19. The molecule has 0 radical (unpaired) electrons. The Morgan fingerprint density at radius 1 is 1.57 bits per heavy atom. The predicted octanol–water partition coefficient (Wildman–Crippen LogP) is 2.04. The van der Waals surface area contributed by atoms with Crippen molar-refractivity contribution < 1.29 is 4.79 Å². The van der Waals surface area contributed by atoms with Crippen LogP contribution in [0.2, 0.25) is 0 Å². The molecule has 0 bridgehead atoms. The molecule has 0 aromatic heterocycles. The monoisotopic (exact) mass is 215 g/mol. The Balaban J connectivity index is 2.10. The van der Waals surface area contributed by atoms with E-state index in [1.165, 1.54) is 24.5 Å². The number of rotatable bonds is 5. The number of piperidine rings is 1. The number of ketones is 1. The van der Waals surface area contributed by atoms with Gasteiger partial charge in [-0.1, -0.05) is 13.8 Å². The minimum atomic E-state index is 0.266. The molecule has 0 amide bonds. The number of carbonyl (C=O) groups excluding carboxylic acids is 1. The molecule has 1 aliphatic heterocycles. The first-order chi connectivity index (χ1) is 6.74. The van der Waals surface area contributed by atoms with Gasteiger partial charge in [0.1, 0.15) is 5.78 Å². The van der Waals surface area contributed by atoms with Crippen LogP contribution in [0.4, 0.5) is 0 Å². The normalized spacial score (nSPS) is 24.1. The lowest BCUT2D eigenvalue weighted by atomic mass is 9.99. The molecule has 1 heterocycles. The van der Waals surface area contributed by atoms with Gasteiger partial charge in [-0.3, -0.25) is 4.79 Å². The van der Waals surface area contributed by atoms with E-state index in [1.54, 1.807) is 0 Å². The summed E-state index contributed by atoms with van der Waals surface area (Å²) in [4.78, 5) is 13.7. The molecule has 0 N–H and O–H groups in total. The summed E-state index contributed by atoms with van der Waals surface area (Å²) in [6, 6.07) is 0. The van der Waals surface area contributed by atoms with Crippen molar-refractivity contribution >= 4 is 17.5 Å². The minimum Gasteiger partial charge on any atom is -0.302 e. The van der Waals surface area contributed by atoms with Gasteiger partial charge in [0, 0.05) is 25.4 Å². The lowest BCUT2D eigenvalue weighted by Gasteiger charge is -2.29. The average Bonchev–Trinajstić information content (AvgIpc) is 2.18. The van der Waals surface area contributed by atoms with E-state index in [9.17, 15) is 4.79 Å². The Kier molecular flexibility index (Phi) is 5.56. The third-order valence-electron chi connectivity index (χ3n) is 2.72. The van der Waals surface area contributed by atoms with Crippen LogP contribution < -0.4 is 0 Å². The molecule has 1 aliphatic rings. The average molecular weight is 215 g/mol. The van der Waals surface area contributed by atoms with Crippen molar-refractivity contribution in [2.24, 2.45) is 5.92 Å². The summed E-state index contributed by atoms with van der Waals surface area (Å²) in [5.41, 5.74) is 0. The standard InChI is InChI=1S/C11H21NOS/c1-3-14-8-4-6-12-7-5-11(13)10(2)9-12/h10H,3-9H2,1-2H3. The Morgan fingerprint density at radius 2 is 2.36 bits per heavy atom. The first-order valence-corrected chi connectivity index (χ1v) is 6.72. The van der Waals surface area contributed by atoms with Crippen LogP contribution in [0.1, 0.15) is 26.7 Å². The van der Waals surface area contributed by atoms with Crippen molar-refractivity contribution in [3.8, 4) is 0 Å². The highest BCUT2D eigenvalue weighted by Crippen LogP contribution is 2.13. The number of likely N-dealkylation sites (tertiary alicyclic amines) is 1. The lowest BCUT2D eigenvalue weighted by Crippen LogP contribution is -2.40. The number of carbonyl (C=O) groups is 1. The number of thioether (sulfide) groups is 1. The fourth-order valence-corrected chi connectivity index (χ4v) is 2.45. The van der Waals surface area contributed by atoms with Crippen LogP contribution >= 0.6 is 11.8 Å². The van der Waals surface area contributed by atoms with Crippen LogP contribution in [0.3, 0.4) is 0 Å². The van der Waals surface area contributed by atoms with Crippen molar-refractivity contribution in [2.75, 3.05) is 31.1 Å². The zero-order valence-corrected chi connectivity index (χ0v) is 10.1. The van der Waals surface area contributed by atoms with E-state index < -0.39 is 0 Å². The quantitative estimate of drug-likeness (QED) is 0.655. The third-order valence-corrected chi connectivity index (χ3v) is 3.71. The molecule has 1 unspecified atom stereocenters. The van der Waals surface area contributed by atoms with Crippen molar-refractivity contribution in [3.05, 3.63) is 0 Å². The maximum absolute atomic E-state index is 11.3. The van der Waals surface area contributed by atoms with Crippen LogP contribution in [0.15, 0.2) is 0 Å². The van der Waals surface area contributed by atoms with E-state index in [0.717, 1.165) is 19.5 Å². The van der Waals surface area contributed by atoms with Gasteiger partial charge < -0.3 is 4.90 Å². The number of Topliss-reactive ketones (excluding diaryl/α,β-unsaturated/α-hetero) is 1. The summed E-state index contributed by atoms with van der Waals surface area (Å²) in [6.07, 6.45) is 2.03. The molecule has 1 fully saturated rings. The van der Waals surface area contributed by atoms with Gasteiger partial charge in [0.25, 0.3) is 0 Å². The maximum atomic E-state index is 11.3. The molecule has 0 saturated carbocycles. The van der Waals surface area contributed by atoms with E-state index in [0.29, 0.717) is 5.78 Å². The second-order valence-corrected chi connectivity index (χ2v) is 5.36. The van der Waals surface area contributed by atoms with Gasteiger partial charge >= 0.3 is 0 Å². The van der Waals surface area contributed by atoms with Crippen molar-refractivity contribution in [1.29, 1.82) is 0 Å². The molecule has 3 heteroatoms. The van der Waals surface area contributed by atoms with E-state index in [4.69, 9.17) is 0 Å². The molecule has 1 saturated heterocycles. The van der Waals surface area contributed by atoms with Crippen LogP contribution in [-0.4, -0.2) is 41.8 Å². The Labute approximate surface area is 91.4 Å². The summed E-state index contributed by atoms with van der Waals surface area (Å²) in [7, 11) is 0. The van der Waals surface area contributed by atoms with Gasteiger partial charge in [0.05, 0.1) is 0 Å². The molecular formula is C11H21NOS. The Hall–Kier alpha value is -0.0200. The SMILES string of the molecule is CCSCCCN1CCC(=O)C(C)C1. The molecule has 14 heavy (non-hydrogen) atoms. The summed E-state index contributed by atoms with van der Waals surface area (Å²) < 4.78 is 0. The highest BCUT2D eigenvalue weighted by atomic mass is 32.2. The van der Waals surface area contributed by atoms with Crippen molar-refractivity contribution in [1.82, 2.24) is 4.90 Å². The molecule has 82 valence electrons. The van der Waals surface area contributed by atoms with Gasteiger partial charge in [-0.15, -0.1) is 0 Å². The summed E-state index contributed by atoms with van der Waals surface area (Å²) >= 11 is 2.00. The highest BCUT2D eigenvalue weighted by Gasteiger charge is 2.22. The number of hydrogen-bond donors (Lipinski definition) is 0. The maximum Gasteiger partial charge on any atom is 0.138 e. The Morgan fingerprint density at radius 3 is 3.00 bits per heavy atom. The van der Waals surface area contributed by atoms with Crippen molar-refractivity contribution in [2.45, 2.75) is 26.7 Å². The van der Waals surface area contributed by atoms with Gasteiger partial charge in [0.15, 0.2) is 0 Å². The highest BCUT2D eigenvalue weighted by molar-refractivity contribution is 7.99. The first kappa shape index (κ1) is 12.1. The first-order valence-electron chi connectivity index (χ1n) is 5.57. The van der Waals surface area contributed by atoms with Gasteiger partial charge in [0.2, 0.25) is 0 Å². The van der Waals surface area contributed by atoms with Crippen LogP contribution in [-0.2, 0) is 4.79 Å². The predicted molar refractivity (Wildman–Crippen MR) is 62.8 cm³/mol. The fourth-order valence-electron chi connectivity index (χ4n) is 1.83. The number of nitrogens with zero attached hydrogens (tertiary/aromatic N) is 1. The molecule has 0 aromatic carbocycles. The van der Waals surface area contributed by atoms with Crippen LogP contribution in [0.25, 0.3) is 0 Å². The summed E-state index contributed by atoms with van der Waals surface area (Å²) in [6.45, 7) is 7.39. The van der Waals surface area contributed by atoms with E-state index in [-0.39, 0.29) is 5.92 Å². The molecule has 1 atom stereocenters. The smallest absolute Gasteiger partial charge is 0.138 e. The number of hydrogen-bond acceptors (Lipinski definition) is 3. The second-order valence-electron chi connectivity index (χ2n) is 3.97. The van der Waals surface area contributed by atoms with Gasteiger partial charge in [-0.25, -0.2) is 0 Å². The largest absolute Gasteiger partial charge is 0.302 e. The summed E-state index contributed by atoms with van der Waals surface area (Å²) in [5, 5.41) is 0. The Bertz CT molecular complexity index is 184. The van der Waals surface area contributed by atoms with Crippen LogP contribution in [0, 0.1) is 5.92 Å².